The van der Waals surface area contributed by atoms with Gasteiger partial charge in [0.15, 0.2) is 0 Å². The van der Waals surface area contributed by atoms with Gasteiger partial charge in [-0.25, -0.2) is 0 Å². The average molecular weight is 414 g/mol. The van der Waals surface area contributed by atoms with Crippen molar-refractivity contribution in [3.8, 4) is 0 Å². The second kappa shape index (κ2) is 9.02. The van der Waals surface area contributed by atoms with Crippen LogP contribution >= 0.6 is 0 Å². The summed E-state index contributed by atoms with van der Waals surface area (Å²) in [6.07, 6.45) is 0. The Morgan fingerprint density at radius 2 is 2.08 bits per heavy atom. The quantitative estimate of drug-likeness (QED) is 0.551. The summed E-state index contributed by atoms with van der Waals surface area (Å²) in [5.74, 6) is 0. The number of hydrogen-bond donors (Lipinski definition) is 1. The van der Waals surface area contributed by atoms with Crippen LogP contribution in [0, 0.1) is 14.0 Å². The zero-order chi connectivity index (χ0) is 8.20. The molecule has 0 heterocycles. The van der Waals surface area contributed by atoms with Crippen molar-refractivity contribution in [2.24, 2.45) is 0 Å². The smallest absolute Gasteiger partial charge is 0.490 e. The summed E-state index contributed by atoms with van der Waals surface area (Å²) in [4.78, 5) is 0. The second-order valence-corrected chi connectivity index (χ2v) is 2.55. The van der Waals surface area contributed by atoms with Crippen molar-refractivity contribution in [2.45, 2.75) is 12.5 Å². The Kier molecular flexibility index (Phi) is 14.4. The minimum absolute atomic E-state index is 0. The maximum atomic E-state index is 4.88. The molecule has 0 rings (SSSR count). The van der Waals surface area contributed by atoms with Gasteiger partial charge in [-0.3, -0.25) is 7.05 Å². The molecule has 1 atom stereocenters. The standard InChI is InChI=1S/C8H15NO.W.Y/c1-7(6-10-5)8(2,3)9-4;;/h9H,1-2,4,6H2,3,5H3;;/q-2;+2;. The van der Waals surface area contributed by atoms with Gasteiger partial charge in [-0.15, -0.1) is 5.54 Å². The molecule has 1 radical (unpaired) electrons. The van der Waals surface area contributed by atoms with Crippen LogP contribution in [-0.2, 0) is 58.5 Å². The molecule has 0 aromatic heterocycles. The van der Waals surface area contributed by atoms with Crippen LogP contribution in [0.1, 0.15) is 6.92 Å². The maximum Gasteiger partial charge on any atom is 2.00 e. The molecule has 0 aliphatic heterocycles. The number of methoxy groups -OCH3 is 1. The van der Waals surface area contributed by atoms with E-state index in [0.29, 0.717) is 6.61 Å². The molecule has 0 aromatic carbocycles. The first kappa shape index (κ1) is 19.1. The van der Waals surface area contributed by atoms with Crippen molar-refractivity contribution in [2.75, 3.05) is 13.7 Å². The molecule has 4 heteroatoms. The van der Waals surface area contributed by atoms with Crippen molar-refractivity contribution in [3.05, 3.63) is 26.1 Å². The van der Waals surface area contributed by atoms with Gasteiger partial charge in [0.05, 0.1) is 6.61 Å². The molecule has 0 aromatic rings. The van der Waals surface area contributed by atoms with Crippen LogP contribution in [-0.4, -0.2) is 19.3 Å². The Hall–Kier alpha value is 1.45. The fourth-order valence-electron chi connectivity index (χ4n) is 0.459. The van der Waals surface area contributed by atoms with Gasteiger partial charge in [0, 0.05) is 39.8 Å². The summed E-state index contributed by atoms with van der Waals surface area (Å²) in [7, 11) is 5.16. The minimum atomic E-state index is -0.379. The molecule has 2 nitrogen and oxygen atoms in total. The Labute approximate surface area is 115 Å². The van der Waals surface area contributed by atoms with Crippen molar-refractivity contribution in [3.63, 3.8) is 0 Å². The van der Waals surface area contributed by atoms with Gasteiger partial charge in [-0.2, -0.15) is 0 Å². The first-order chi connectivity index (χ1) is 4.54. The molecule has 1 unspecified atom stereocenters. The van der Waals surface area contributed by atoms with E-state index in [0.717, 1.165) is 5.57 Å². The number of rotatable bonds is 4. The van der Waals surface area contributed by atoms with E-state index in [1.807, 2.05) is 6.92 Å². The average Bonchev–Trinajstić information content (AvgIpc) is 1.89. The Morgan fingerprint density at radius 1 is 1.67 bits per heavy atom. The Morgan fingerprint density at radius 3 is 2.33 bits per heavy atom. The van der Waals surface area contributed by atoms with E-state index in [1.165, 1.54) is 0 Å². The van der Waals surface area contributed by atoms with Crippen LogP contribution in [0.3, 0.4) is 0 Å². The topological polar surface area (TPSA) is 21.3 Å². The normalized spacial score (nSPS) is 13.7. The van der Waals surface area contributed by atoms with Gasteiger partial charge in [0.25, 0.3) is 0 Å². The van der Waals surface area contributed by atoms with Crippen LogP contribution in [0.5, 0.6) is 0 Å². The summed E-state index contributed by atoms with van der Waals surface area (Å²) in [5, 5.41) is 2.79. The van der Waals surface area contributed by atoms with Crippen LogP contribution in [0.25, 0.3) is 0 Å². The second-order valence-electron chi connectivity index (χ2n) is 2.55. The summed E-state index contributed by atoms with van der Waals surface area (Å²) in [6, 6.07) is 0. The zero-order valence-corrected chi connectivity index (χ0v) is 13.5. The van der Waals surface area contributed by atoms with Gasteiger partial charge < -0.3 is 17.0 Å². The monoisotopic (exact) mass is 414 g/mol. The van der Waals surface area contributed by atoms with Gasteiger partial charge in [0.1, 0.15) is 0 Å². The molecule has 0 fully saturated rings. The van der Waals surface area contributed by atoms with Gasteiger partial charge >= 0.3 is 21.1 Å². The fraction of sp³-hybridized carbons (Fsp3) is 0.500. The molecule has 1 N–H and O–H groups in total. The molecular formula is C8H15NOWY. The van der Waals surface area contributed by atoms with Crippen LogP contribution < -0.4 is 5.32 Å². The predicted molar refractivity (Wildman–Crippen MR) is 43.3 cm³/mol. The van der Waals surface area contributed by atoms with Crippen LogP contribution in [0.4, 0.5) is 0 Å². The van der Waals surface area contributed by atoms with E-state index in [-0.39, 0.29) is 59.3 Å². The molecule has 0 bridgehead atoms. The summed E-state index contributed by atoms with van der Waals surface area (Å²) in [5.41, 5.74) is 0.515. The molecular weight excluding hydrogens is 399 g/mol. The van der Waals surface area contributed by atoms with Crippen molar-refractivity contribution in [1.29, 1.82) is 0 Å². The SMILES string of the molecule is C=C(COC)C([CH2-])(C)N[CH2-].[W+2].[Y]. The third kappa shape index (κ3) is 6.91. The molecule has 0 amide bonds. The third-order valence-electron chi connectivity index (χ3n) is 1.49. The largest absolute Gasteiger partial charge is 2.00 e. The summed E-state index contributed by atoms with van der Waals surface area (Å²) >= 11 is 0. The Bertz CT molecular complexity index is 128. The molecule has 67 valence electrons. The molecule has 0 aliphatic rings. The van der Waals surface area contributed by atoms with Crippen molar-refractivity contribution in [1.82, 2.24) is 5.32 Å². The van der Waals surface area contributed by atoms with E-state index in [9.17, 15) is 0 Å². The van der Waals surface area contributed by atoms with Crippen molar-refractivity contribution < 1.29 is 58.5 Å². The van der Waals surface area contributed by atoms with E-state index in [2.05, 4.69) is 25.9 Å². The van der Waals surface area contributed by atoms with Gasteiger partial charge in [-0.1, -0.05) is 19.1 Å². The zero-order valence-electron chi connectivity index (χ0n) is 7.72. The number of nitrogens with one attached hydrogen (secondary N) is 1. The first-order valence-corrected chi connectivity index (χ1v) is 3.11. The van der Waals surface area contributed by atoms with E-state index >= 15 is 0 Å². The summed E-state index contributed by atoms with van der Waals surface area (Å²) < 4.78 is 4.88. The van der Waals surface area contributed by atoms with E-state index in [4.69, 9.17) is 4.74 Å². The number of hydrogen-bond acceptors (Lipinski definition) is 2. The maximum absolute atomic E-state index is 4.88. The minimum Gasteiger partial charge on any atom is -0.490 e. The van der Waals surface area contributed by atoms with E-state index in [1.54, 1.807) is 7.11 Å². The molecule has 0 aliphatic carbocycles. The Balaban J connectivity index is -0.000000405. The van der Waals surface area contributed by atoms with Crippen LogP contribution in [0.15, 0.2) is 12.2 Å². The van der Waals surface area contributed by atoms with Gasteiger partial charge in [0.2, 0.25) is 0 Å². The molecule has 12 heavy (non-hydrogen) atoms. The predicted octanol–water partition coefficient (Wildman–Crippen LogP) is 1.16. The molecule has 0 saturated heterocycles. The molecule has 0 spiro atoms. The third-order valence-corrected chi connectivity index (χ3v) is 1.49. The van der Waals surface area contributed by atoms with Gasteiger partial charge in [-0.05, 0) is 0 Å². The molecule has 0 saturated carbocycles. The van der Waals surface area contributed by atoms with Crippen molar-refractivity contribution >= 4 is 0 Å². The van der Waals surface area contributed by atoms with E-state index < -0.39 is 0 Å². The first-order valence-electron chi connectivity index (χ1n) is 3.11. The summed E-state index contributed by atoms with van der Waals surface area (Å²) in [6.45, 7) is 10.1. The van der Waals surface area contributed by atoms with Crippen LogP contribution in [0.2, 0.25) is 0 Å². The number of ether oxygens (including phenoxy) is 1. The fourth-order valence-corrected chi connectivity index (χ4v) is 0.459.